The molecule has 0 bridgehead atoms. The lowest BCUT2D eigenvalue weighted by Crippen LogP contribution is -2.39. The van der Waals surface area contributed by atoms with E-state index in [1.807, 2.05) is 31.2 Å². The molecule has 1 aliphatic rings. The largest absolute Gasteiger partial charge is 0.493 e. The Bertz CT molecular complexity index is 986. The van der Waals surface area contributed by atoms with E-state index in [0.717, 1.165) is 49.5 Å². The SMILES string of the molecule is COc1ccc(-c2nc(CN3CCCC(OCc4ccccc4)C3)c(C)o2)cc1OC. The van der Waals surface area contributed by atoms with Crippen molar-refractivity contribution in [3.05, 3.63) is 65.5 Å². The average molecular weight is 423 g/mol. The summed E-state index contributed by atoms with van der Waals surface area (Å²) in [6.45, 7) is 5.34. The minimum atomic E-state index is 0.242. The highest BCUT2D eigenvalue weighted by molar-refractivity contribution is 5.60. The number of piperidine rings is 1. The number of rotatable bonds is 8. The predicted octanol–water partition coefficient (Wildman–Crippen LogP) is 4.85. The minimum Gasteiger partial charge on any atom is -0.493 e. The van der Waals surface area contributed by atoms with Gasteiger partial charge in [-0.1, -0.05) is 30.3 Å². The zero-order valence-electron chi connectivity index (χ0n) is 18.5. The van der Waals surface area contributed by atoms with Crippen LogP contribution in [-0.4, -0.2) is 43.3 Å². The first kappa shape index (κ1) is 21.4. The molecule has 1 unspecified atom stereocenters. The molecule has 31 heavy (non-hydrogen) atoms. The van der Waals surface area contributed by atoms with Crippen molar-refractivity contribution in [2.75, 3.05) is 27.3 Å². The second-order valence-electron chi connectivity index (χ2n) is 7.89. The molecule has 1 aromatic heterocycles. The van der Waals surface area contributed by atoms with Crippen LogP contribution in [0.1, 0.15) is 29.9 Å². The van der Waals surface area contributed by atoms with Gasteiger partial charge in [-0.3, -0.25) is 4.90 Å². The Labute approximate surface area is 183 Å². The molecule has 6 nitrogen and oxygen atoms in total. The molecule has 4 rings (SSSR count). The summed E-state index contributed by atoms with van der Waals surface area (Å²) < 4.78 is 22.9. The van der Waals surface area contributed by atoms with Crippen molar-refractivity contribution in [2.45, 2.75) is 39.0 Å². The average Bonchev–Trinajstić information content (AvgIpc) is 3.18. The predicted molar refractivity (Wildman–Crippen MR) is 119 cm³/mol. The van der Waals surface area contributed by atoms with E-state index in [2.05, 4.69) is 29.2 Å². The van der Waals surface area contributed by atoms with Crippen LogP contribution in [-0.2, 0) is 17.9 Å². The summed E-state index contributed by atoms with van der Waals surface area (Å²) in [5, 5.41) is 0. The Kier molecular flexibility index (Phi) is 6.89. The van der Waals surface area contributed by atoms with Gasteiger partial charge in [-0.25, -0.2) is 4.98 Å². The minimum absolute atomic E-state index is 0.242. The third kappa shape index (κ3) is 5.27. The van der Waals surface area contributed by atoms with E-state index in [9.17, 15) is 0 Å². The number of ether oxygens (including phenoxy) is 3. The molecule has 2 heterocycles. The maximum atomic E-state index is 6.18. The Morgan fingerprint density at radius 2 is 1.87 bits per heavy atom. The number of aromatic nitrogens is 1. The highest BCUT2D eigenvalue weighted by Gasteiger charge is 2.23. The molecule has 1 fully saturated rings. The van der Waals surface area contributed by atoms with Crippen LogP contribution < -0.4 is 9.47 Å². The summed E-state index contributed by atoms with van der Waals surface area (Å²) in [4.78, 5) is 7.18. The molecule has 0 N–H and O–H groups in total. The number of likely N-dealkylation sites (tertiary alicyclic amines) is 1. The molecule has 3 aromatic rings. The lowest BCUT2D eigenvalue weighted by atomic mass is 10.1. The Hall–Kier alpha value is -2.83. The van der Waals surface area contributed by atoms with Gasteiger partial charge in [0.25, 0.3) is 0 Å². The number of aryl methyl sites for hydroxylation is 1. The summed E-state index contributed by atoms with van der Waals surface area (Å²) in [5.74, 6) is 2.79. The van der Waals surface area contributed by atoms with E-state index in [1.54, 1.807) is 14.2 Å². The Balaban J connectivity index is 1.40. The molecule has 1 aliphatic heterocycles. The van der Waals surface area contributed by atoms with E-state index >= 15 is 0 Å². The third-order valence-electron chi connectivity index (χ3n) is 5.69. The first-order chi connectivity index (χ1) is 15.2. The van der Waals surface area contributed by atoms with Crippen molar-refractivity contribution < 1.29 is 18.6 Å². The van der Waals surface area contributed by atoms with Gasteiger partial charge >= 0.3 is 0 Å². The zero-order valence-corrected chi connectivity index (χ0v) is 18.5. The van der Waals surface area contributed by atoms with Gasteiger partial charge in [0.15, 0.2) is 11.5 Å². The molecule has 1 saturated heterocycles. The van der Waals surface area contributed by atoms with E-state index < -0.39 is 0 Å². The van der Waals surface area contributed by atoms with E-state index in [4.69, 9.17) is 23.6 Å². The summed E-state index contributed by atoms with van der Waals surface area (Å²) in [6, 6.07) is 16.0. The van der Waals surface area contributed by atoms with Crippen LogP contribution in [0.2, 0.25) is 0 Å². The molecule has 0 amide bonds. The molecule has 6 heteroatoms. The lowest BCUT2D eigenvalue weighted by molar-refractivity contribution is -0.0123. The smallest absolute Gasteiger partial charge is 0.226 e. The number of methoxy groups -OCH3 is 2. The van der Waals surface area contributed by atoms with Crippen LogP contribution in [0.25, 0.3) is 11.5 Å². The van der Waals surface area contributed by atoms with Gasteiger partial charge < -0.3 is 18.6 Å². The Morgan fingerprint density at radius 1 is 1.06 bits per heavy atom. The summed E-state index contributed by atoms with van der Waals surface area (Å²) >= 11 is 0. The van der Waals surface area contributed by atoms with Crippen LogP contribution in [0.4, 0.5) is 0 Å². The second-order valence-corrected chi connectivity index (χ2v) is 7.89. The Morgan fingerprint density at radius 3 is 2.65 bits per heavy atom. The zero-order chi connectivity index (χ0) is 21.6. The van der Waals surface area contributed by atoms with Gasteiger partial charge in [-0.05, 0) is 50.1 Å². The van der Waals surface area contributed by atoms with Crippen molar-refractivity contribution in [3.63, 3.8) is 0 Å². The first-order valence-electron chi connectivity index (χ1n) is 10.7. The molecule has 1 atom stereocenters. The summed E-state index contributed by atoms with van der Waals surface area (Å²) in [5.41, 5.74) is 3.05. The van der Waals surface area contributed by atoms with Gasteiger partial charge in [0.2, 0.25) is 5.89 Å². The maximum absolute atomic E-state index is 6.18. The molecule has 2 aromatic carbocycles. The fraction of sp³-hybridized carbons (Fsp3) is 0.400. The van der Waals surface area contributed by atoms with E-state index in [1.165, 1.54) is 5.56 Å². The third-order valence-corrected chi connectivity index (χ3v) is 5.69. The number of nitrogens with zero attached hydrogens (tertiary/aromatic N) is 2. The summed E-state index contributed by atoms with van der Waals surface area (Å²) in [7, 11) is 3.25. The van der Waals surface area contributed by atoms with Crippen molar-refractivity contribution in [3.8, 4) is 23.0 Å². The van der Waals surface area contributed by atoms with Crippen LogP contribution >= 0.6 is 0 Å². The van der Waals surface area contributed by atoms with Crippen LogP contribution in [0.3, 0.4) is 0 Å². The normalized spacial score (nSPS) is 16.9. The monoisotopic (exact) mass is 422 g/mol. The quantitative estimate of drug-likeness (QED) is 0.517. The van der Waals surface area contributed by atoms with E-state index in [-0.39, 0.29) is 6.10 Å². The number of hydrogen-bond donors (Lipinski definition) is 0. The van der Waals surface area contributed by atoms with Crippen molar-refractivity contribution in [1.82, 2.24) is 9.88 Å². The first-order valence-corrected chi connectivity index (χ1v) is 10.7. The van der Waals surface area contributed by atoms with Crippen LogP contribution in [0.15, 0.2) is 52.9 Å². The number of hydrogen-bond acceptors (Lipinski definition) is 6. The highest BCUT2D eigenvalue weighted by atomic mass is 16.5. The molecule has 0 spiro atoms. The molecule has 0 aliphatic carbocycles. The van der Waals surface area contributed by atoms with Crippen molar-refractivity contribution in [1.29, 1.82) is 0 Å². The highest BCUT2D eigenvalue weighted by Crippen LogP contribution is 2.33. The molecular formula is C25H30N2O4. The van der Waals surface area contributed by atoms with Gasteiger partial charge in [-0.15, -0.1) is 0 Å². The van der Waals surface area contributed by atoms with Gasteiger partial charge in [0.1, 0.15) is 5.76 Å². The molecule has 0 radical (unpaired) electrons. The van der Waals surface area contributed by atoms with Gasteiger partial charge in [0.05, 0.1) is 32.6 Å². The molecule has 164 valence electrons. The van der Waals surface area contributed by atoms with Gasteiger partial charge in [0, 0.05) is 18.7 Å². The lowest BCUT2D eigenvalue weighted by Gasteiger charge is -2.32. The van der Waals surface area contributed by atoms with Crippen molar-refractivity contribution >= 4 is 0 Å². The van der Waals surface area contributed by atoms with E-state index in [0.29, 0.717) is 24.0 Å². The fourth-order valence-electron chi connectivity index (χ4n) is 3.96. The number of benzene rings is 2. The van der Waals surface area contributed by atoms with Gasteiger partial charge in [-0.2, -0.15) is 0 Å². The number of oxazole rings is 1. The molecular weight excluding hydrogens is 392 g/mol. The fourth-order valence-corrected chi connectivity index (χ4v) is 3.96. The molecule has 0 saturated carbocycles. The standard InChI is InChI=1S/C25H30N2O4/c1-18-22(26-25(31-18)20-11-12-23(28-2)24(14-20)29-3)16-27-13-7-10-21(15-27)30-17-19-8-5-4-6-9-19/h4-6,8-9,11-12,14,21H,7,10,13,15-17H2,1-3H3. The van der Waals surface area contributed by atoms with Crippen molar-refractivity contribution in [2.24, 2.45) is 0 Å². The van der Waals surface area contributed by atoms with Crippen LogP contribution in [0, 0.1) is 6.92 Å². The van der Waals surface area contributed by atoms with Crippen LogP contribution in [0.5, 0.6) is 11.5 Å². The second kappa shape index (κ2) is 9.98. The summed E-state index contributed by atoms with van der Waals surface area (Å²) in [6.07, 6.45) is 2.46. The topological polar surface area (TPSA) is 57.0 Å². The maximum Gasteiger partial charge on any atom is 0.226 e.